The molecule has 2 aliphatic rings. The minimum atomic E-state index is -2.99. The molecule has 0 fully saturated rings. The van der Waals surface area contributed by atoms with Crippen LogP contribution in [0, 0.1) is 13.8 Å². The Kier molecular flexibility index (Phi) is 7.41. The summed E-state index contributed by atoms with van der Waals surface area (Å²) in [6.45, 7) is 10.4. The van der Waals surface area contributed by atoms with Crippen LogP contribution in [0.4, 0.5) is 25.0 Å². The van der Waals surface area contributed by atoms with Crippen LogP contribution < -0.4 is 20.7 Å². The zero-order valence-corrected chi connectivity index (χ0v) is 23.8. The molecule has 2 aromatic rings. The van der Waals surface area contributed by atoms with Gasteiger partial charge in [-0.15, -0.1) is 0 Å². The largest absolute Gasteiger partial charge is 0.496 e. The molecule has 3 N–H and O–H groups in total. The number of anilines is 2. The van der Waals surface area contributed by atoms with Crippen LogP contribution in [0.5, 0.6) is 5.75 Å². The minimum absolute atomic E-state index is 0.0657. The molecule has 0 bridgehead atoms. The van der Waals surface area contributed by atoms with Crippen molar-refractivity contribution in [2.45, 2.75) is 72.3 Å². The average Bonchev–Trinajstić information content (AvgIpc) is 3.10. The molecule has 0 spiro atoms. The number of halogens is 2. The van der Waals surface area contributed by atoms with Crippen LogP contribution in [0.25, 0.3) is 5.57 Å². The summed E-state index contributed by atoms with van der Waals surface area (Å²) in [5.41, 5.74) is 8.07. The zero-order valence-electron chi connectivity index (χ0n) is 23.0. The van der Waals surface area contributed by atoms with E-state index in [4.69, 9.17) is 27.4 Å². The van der Waals surface area contributed by atoms with Gasteiger partial charge in [-0.25, -0.2) is 18.6 Å². The lowest BCUT2D eigenvalue weighted by Gasteiger charge is -2.35. The molecule has 0 saturated carbocycles. The lowest BCUT2D eigenvalue weighted by molar-refractivity contribution is -0.112. The van der Waals surface area contributed by atoms with Gasteiger partial charge in [0.15, 0.2) is 0 Å². The van der Waals surface area contributed by atoms with Gasteiger partial charge in [-0.2, -0.15) is 0 Å². The summed E-state index contributed by atoms with van der Waals surface area (Å²) >= 11 is 5.69. The Labute approximate surface area is 231 Å². The number of aromatic nitrogens is 1. The van der Waals surface area contributed by atoms with E-state index in [1.54, 1.807) is 46.6 Å². The number of benzene rings is 1. The minimum Gasteiger partial charge on any atom is -0.496 e. The highest BCUT2D eigenvalue weighted by Crippen LogP contribution is 2.54. The Morgan fingerprint density at radius 3 is 2.46 bits per heavy atom. The number of methoxy groups -OCH3 is 1. The molecular weight excluding hydrogens is 526 g/mol. The number of allylic oxidation sites excluding steroid dienone is 1. The second kappa shape index (κ2) is 10.2. The monoisotopic (exact) mass is 558 g/mol. The second-order valence-electron chi connectivity index (χ2n) is 10.6. The average molecular weight is 559 g/mol. The van der Waals surface area contributed by atoms with E-state index < -0.39 is 35.6 Å². The Morgan fingerprint density at radius 2 is 1.92 bits per heavy atom. The number of fused-ring (bicyclic) bond motifs is 1. The Bertz CT molecular complexity index is 1430. The lowest BCUT2D eigenvalue weighted by atomic mass is 9.86. The van der Waals surface area contributed by atoms with E-state index in [0.717, 1.165) is 16.8 Å². The van der Waals surface area contributed by atoms with Crippen molar-refractivity contribution in [2.24, 2.45) is 5.73 Å². The van der Waals surface area contributed by atoms with Gasteiger partial charge in [0.1, 0.15) is 17.0 Å². The van der Waals surface area contributed by atoms with E-state index >= 15 is 0 Å². The van der Waals surface area contributed by atoms with E-state index in [1.807, 2.05) is 19.1 Å². The van der Waals surface area contributed by atoms with Gasteiger partial charge in [0.25, 0.3) is 12.3 Å². The first-order valence-electron chi connectivity index (χ1n) is 12.5. The maximum Gasteiger partial charge on any atom is 0.411 e. The molecule has 2 amide bonds. The van der Waals surface area contributed by atoms with Crippen LogP contribution in [0.1, 0.15) is 80.1 Å². The summed E-state index contributed by atoms with van der Waals surface area (Å²) in [6.07, 6.45) is -2.97. The molecule has 0 saturated heterocycles. The van der Waals surface area contributed by atoms with E-state index in [1.165, 1.54) is 0 Å². The number of nitrogens with zero attached hydrogens (tertiary/aromatic N) is 2. The third-order valence-electron chi connectivity index (χ3n) is 6.92. The predicted octanol–water partition coefficient (Wildman–Crippen LogP) is 5.89. The fourth-order valence-electron chi connectivity index (χ4n) is 5.55. The smallest absolute Gasteiger partial charge is 0.411 e. The van der Waals surface area contributed by atoms with Crippen LogP contribution in [-0.4, -0.2) is 34.7 Å². The predicted molar refractivity (Wildman–Crippen MR) is 149 cm³/mol. The molecule has 8 nitrogen and oxygen atoms in total. The van der Waals surface area contributed by atoms with Crippen LogP contribution in [-0.2, 0) is 16.0 Å². The van der Waals surface area contributed by atoms with Gasteiger partial charge in [-0.05, 0) is 83.2 Å². The number of nitrogens with two attached hydrogens (primary N) is 1. The number of thiocarbonyl (C=S) groups is 1. The number of rotatable bonds is 4. The van der Waals surface area contributed by atoms with Crippen molar-refractivity contribution in [3.05, 3.63) is 51.5 Å². The number of primary amides is 1. The van der Waals surface area contributed by atoms with E-state index in [-0.39, 0.29) is 16.8 Å². The van der Waals surface area contributed by atoms with E-state index in [0.29, 0.717) is 40.5 Å². The Hall–Kier alpha value is -3.60. The number of nitrogens with one attached hydrogen (secondary N) is 1. The molecular formula is C28H32F2N4O4S. The number of hydrogen-bond donors (Lipinski definition) is 2. The molecule has 1 unspecified atom stereocenters. The highest BCUT2D eigenvalue weighted by Gasteiger charge is 2.44. The Balaban J connectivity index is 2.07. The summed E-state index contributed by atoms with van der Waals surface area (Å²) < 4.78 is 39.9. The number of alkyl halides is 2. The molecule has 11 heteroatoms. The van der Waals surface area contributed by atoms with Crippen molar-refractivity contribution >= 4 is 46.2 Å². The molecule has 1 aromatic heterocycles. The number of alkyl carbamates (subject to hydrolysis) is 1. The van der Waals surface area contributed by atoms with Crippen molar-refractivity contribution < 1.29 is 27.8 Å². The van der Waals surface area contributed by atoms with Gasteiger partial charge in [-0.1, -0.05) is 12.2 Å². The van der Waals surface area contributed by atoms with Gasteiger partial charge in [0, 0.05) is 17.2 Å². The molecule has 4 rings (SSSR count). The maximum atomic E-state index is 14.4. The lowest BCUT2D eigenvalue weighted by Crippen LogP contribution is -2.34. The number of pyridine rings is 1. The molecule has 1 aliphatic heterocycles. The number of amides is 2. The van der Waals surface area contributed by atoms with Gasteiger partial charge in [0.05, 0.1) is 34.7 Å². The summed E-state index contributed by atoms with van der Waals surface area (Å²) in [5, 5.41) is 2.68. The molecule has 0 radical (unpaired) electrons. The first-order chi connectivity index (χ1) is 18.2. The highest BCUT2D eigenvalue weighted by molar-refractivity contribution is 7.80. The summed E-state index contributed by atoms with van der Waals surface area (Å²) in [4.78, 5) is 32.3. The van der Waals surface area contributed by atoms with Crippen LogP contribution in [0.2, 0.25) is 0 Å². The summed E-state index contributed by atoms with van der Waals surface area (Å²) in [7, 11) is 1.59. The second-order valence-corrected chi connectivity index (χ2v) is 11.2. The normalized spacial score (nSPS) is 16.4. The third-order valence-corrected chi connectivity index (χ3v) is 7.11. The highest BCUT2D eigenvalue weighted by atomic mass is 32.1. The number of aryl methyl sites for hydroxylation is 1. The number of hydrogen-bond acceptors (Lipinski definition) is 6. The van der Waals surface area contributed by atoms with Crippen LogP contribution >= 0.6 is 12.2 Å². The number of carbonyl (C=O) groups is 2. The molecule has 1 aromatic carbocycles. The summed E-state index contributed by atoms with van der Waals surface area (Å²) in [6, 6.07) is 3.71. The molecule has 1 aliphatic carbocycles. The van der Waals surface area contributed by atoms with Gasteiger partial charge >= 0.3 is 6.09 Å². The van der Waals surface area contributed by atoms with E-state index in [9.17, 15) is 18.4 Å². The van der Waals surface area contributed by atoms with E-state index in [2.05, 4.69) is 10.3 Å². The first-order valence-corrected chi connectivity index (χ1v) is 12.9. The standard InChI is InChI=1S/C28H32F2N4O4S/c1-12-15-8-9-16-19-20(21(26(31)35)22(16)33-27(36)38-28(4,5)6)23(25(29)30)32-13(2)24(19)34(14(3)39)17(15)10-11-18(12)37-7/h10-11,16,25H,8-9H2,1-7H3,(H2,31,35)(H,33,36). The molecule has 39 heavy (non-hydrogen) atoms. The zero-order chi connectivity index (χ0) is 29.0. The molecule has 208 valence electrons. The fourth-order valence-corrected chi connectivity index (χ4v) is 5.74. The van der Waals surface area contributed by atoms with Crippen molar-refractivity contribution in [1.29, 1.82) is 0 Å². The van der Waals surface area contributed by atoms with Gasteiger partial charge < -0.3 is 20.1 Å². The number of carbonyl (C=O) groups excluding carboxylic acids is 2. The van der Waals surface area contributed by atoms with Crippen LogP contribution in [0.3, 0.4) is 0 Å². The van der Waals surface area contributed by atoms with Crippen molar-refractivity contribution in [1.82, 2.24) is 10.3 Å². The topological polar surface area (TPSA) is 107 Å². The quantitative estimate of drug-likeness (QED) is 0.451. The third kappa shape index (κ3) is 4.95. The van der Waals surface area contributed by atoms with Gasteiger partial charge in [-0.3, -0.25) is 10.1 Å². The van der Waals surface area contributed by atoms with Gasteiger partial charge in [0.2, 0.25) is 0 Å². The van der Waals surface area contributed by atoms with Crippen molar-refractivity contribution in [3.8, 4) is 5.75 Å². The number of ether oxygens (including phenoxy) is 2. The van der Waals surface area contributed by atoms with Crippen molar-refractivity contribution in [2.75, 3.05) is 12.0 Å². The first kappa shape index (κ1) is 28.4. The maximum absolute atomic E-state index is 14.4. The molecule has 1 atom stereocenters. The van der Waals surface area contributed by atoms with Crippen LogP contribution in [0.15, 0.2) is 17.8 Å². The van der Waals surface area contributed by atoms with Crippen molar-refractivity contribution in [3.63, 3.8) is 0 Å². The Morgan fingerprint density at radius 1 is 1.26 bits per heavy atom. The fraction of sp³-hybridized carbons (Fsp3) is 0.429. The molecule has 2 heterocycles. The SMILES string of the molecule is COc1ccc2c(c1C)CCC1C(NC(=O)OC(C)(C)C)=C(C(N)=O)c3c(C(F)F)nc(C)c(c31)N2C(C)=S. The summed E-state index contributed by atoms with van der Waals surface area (Å²) in [5.74, 6) is -0.935.